The average molecular weight is 294 g/mol. The van der Waals surface area contributed by atoms with Gasteiger partial charge in [0, 0.05) is 12.2 Å². The Morgan fingerprint density at radius 2 is 2.00 bits per heavy atom. The fraction of sp³-hybridized carbons (Fsp3) is 0.467. The van der Waals surface area contributed by atoms with E-state index in [1.807, 2.05) is 6.07 Å². The van der Waals surface area contributed by atoms with E-state index in [4.69, 9.17) is 9.84 Å². The highest BCUT2D eigenvalue weighted by molar-refractivity contribution is 5.76. The molecule has 1 aromatic carbocycles. The molecule has 0 bridgehead atoms. The summed E-state index contributed by atoms with van der Waals surface area (Å²) in [7, 11) is 0. The van der Waals surface area contributed by atoms with Gasteiger partial charge < -0.3 is 20.5 Å². The lowest BCUT2D eigenvalue weighted by molar-refractivity contribution is -0.137. The number of carboxylic acids is 1. The van der Waals surface area contributed by atoms with Gasteiger partial charge in [0.15, 0.2) is 0 Å². The summed E-state index contributed by atoms with van der Waals surface area (Å²) in [6.07, 6.45) is -0.486. The summed E-state index contributed by atoms with van der Waals surface area (Å²) in [4.78, 5) is 22.4. The predicted octanol–water partition coefficient (Wildman–Crippen LogP) is 2.60. The molecule has 3 N–H and O–H groups in total. The van der Waals surface area contributed by atoms with Crippen molar-refractivity contribution in [2.24, 2.45) is 0 Å². The lowest BCUT2D eigenvalue weighted by atomic mass is 10.2. The molecule has 1 aromatic rings. The van der Waals surface area contributed by atoms with Gasteiger partial charge in [-0.15, -0.1) is 0 Å². The average Bonchev–Trinajstić information content (AvgIpc) is 2.34. The first-order chi connectivity index (χ1) is 9.67. The van der Waals surface area contributed by atoms with Crippen LogP contribution in [0.1, 0.15) is 33.3 Å². The second-order valence-electron chi connectivity index (χ2n) is 5.76. The third-order valence-corrected chi connectivity index (χ3v) is 2.52. The van der Waals surface area contributed by atoms with Crippen molar-refractivity contribution in [2.75, 3.05) is 5.32 Å². The van der Waals surface area contributed by atoms with Crippen LogP contribution in [0.3, 0.4) is 0 Å². The molecule has 0 aliphatic heterocycles. The highest BCUT2D eigenvalue weighted by atomic mass is 16.6. The van der Waals surface area contributed by atoms with Crippen molar-refractivity contribution in [2.45, 2.75) is 45.9 Å². The van der Waals surface area contributed by atoms with Crippen molar-refractivity contribution >= 4 is 17.7 Å². The smallest absolute Gasteiger partial charge is 0.407 e. The van der Waals surface area contributed by atoms with Crippen LogP contribution in [-0.2, 0) is 16.1 Å². The number of alkyl carbamates (subject to hydrolysis) is 1. The molecular formula is C15H22N2O4. The minimum atomic E-state index is -0.924. The number of hydrogen-bond donors (Lipinski definition) is 3. The number of carboxylic acid groups (broad SMARTS) is 1. The van der Waals surface area contributed by atoms with E-state index in [1.165, 1.54) is 0 Å². The quantitative estimate of drug-likeness (QED) is 0.777. The standard InChI is InChI=1S/C15H22N2O4/c1-10(13(18)19)17-12-7-5-6-11(8-12)9-16-14(20)21-15(2,3)4/h5-8,10,17H,9H2,1-4H3,(H,16,20)(H,18,19). The Bertz CT molecular complexity index is 509. The number of benzene rings is 1. The third-order valence-electron chi connectivity index (χ3n) is 2.52. The van der Waals surface area contributed by atoms with Gasteiger partial charge in [-0.25, -0.2) is 4.79 Å². The summed E-state index contributed by atoms with van der Waals surface area (Å²) < 4.78 is 5.14. The first-order valence-corrected chi connectivity index (χ1v) is 6.72. The Hall–Kier alpha value is -2.24. The van der Waals surface area contributed by atoms with E-state index >= 15 is 0 Å². The van der Waals surface area contributed by atoms with Gasteiger partial charge in [0.2, 0.25) is 0 Å². The molecule has 0 spiro atoms. The van der Waals surface area contributed by atoms with Gasteiger partial charge >= 0.3 is 12.1 Å². The van der Waals surface area contributed by atoms with Gasteiger partial charge in [-0.05, 0) is 45.4 Å². The van der Waals surface area contributed by atoms with Crippen molar-refractivity contribution in [1.82, 2.24) is 5.32 Å². The van der Waals surface area contributed by atoms with Crippen LogP contribution in [0.25, 0.3) is 0 Å². The minimum Gasteiger partial charge on any atom is -0.480 e. The molecule has 0 aliphatic rings. The van der Waals surface area contributed by atoms with Crippen LogP contribution >= 0.6 is 0 Å². The number of ether oxygens (including phenoxy) is 1. The Morgan fingerprint density at radius 1 is 1.33 bits per heavy atom. The highest BCUT2D eigenvalue weighted by Crippen LogP contribution is 2.12. The first-order valence-electron chi connectivity index (χ1n) is 6.72. The van der Waals surface area contributed by atoms with E-state index in [9.17, 15) is 9.59 Å². The van der Waals surface area contributed by atoms with Crippen LogP contribution in [-0.4, -0.2) is 28.8 Å². The van der Waals surface area contributed by atoms with Crippen LogP contribution in [0.4, 0.5) is 10.5 Å². The van der Waals surface area contributed by atoms with E-state index in [0.29, 0.717) is 12.2 Å². The summed E-state index contributed by atoms with van der Waals surface area (Å²) >= 11 is 0. The summed E-state index contributed by atoms with van der Waals surface area (Å²) in [5, 5.41) is 14.4. The van der Waals surface area contributed by atoms with Gasteiger partial charge in [0.1, 0.15) is 11.6 Å². The highest BCUT2D eigenvalue weighted by Gasteiger charge is 2.15. The topological polar surface area (TPSA) is 87.7 Å². The Morgan fingerprint density at radius 3 is 2.57 bits per heavy atom. The van der Waals surface area contributed by atoms with E-state index in [1.54, 1.807) is 45.9 Å². The molecule has 6 nitrogen and oxygen atoms in total. The largest absolute Gasteiger partial charge is 0.480 e. The number of aliphatic carboxylic acids is 1. The molecule has 116 valence electrons. The fourth-order valence-electron chi connectivity index (χ4n) is 1.57. The lowest BCUT2D eigenvalue weighted by Crippen LogP contribution is -2.32. The Balaban J connectivity index is 2.57. The van der Waals surface area contributed by atoms with Crippen LogP contribution in [0.15, 0.2) is 24.3 Å². The molecule has 1 atom stereocenters. The number of anilines is 1. The Labute approximate surface area is 124 Å². The van der Waals surface area contributed by atoms with Crippen LogP contribution < -0.4 is 10.6 Å². The summed E-state index contributed by atoms with van der Waals surface area (Å²) in [5.74, 6) is -0.924. The number of rotatable bonds is 5. The van der Waals surface area contributed by atoms with Gasteiger partial charge in [-0.1, -0.05) is 12.1 Å². The van der Waals surface area contributed by atoms with Crippen molar-refractivity contribution < 1.29 is 19.4 Å². The van der Waals surface area contributed by atoms with Crippen LogP contribution in [0, 0.1) is 0 Å². The van der Waals surface area contributed by atoms with Gasteiger partial charge in [0.25, 0.3) is 0 Å². The predicted molar refractivity (Wildman–Crippen MR) is 80.2 cm³/mol. The third kappa shape index (κ3) is 6.65. The second kappa shape index (κ2) is 6.97. The maximum Gasteiger partial charge on any atom is 0.407 e. The van der Waals surface area contributed by atoms with E-state index in [0.717, 1.165) is 5.56 Å². The molecule has 0 aromatic heterocycles. The van der Waals surface area contributed by atoms with E-state index < -0.39 is 23.7 Å². The summed E-state index contributed by atoms with van der Waals surface area (Å²) in [6.45, 7) is 7.26. The van der Waals surface area contributed by atoms with Crippen molar-refractivity contribution in [3.8, 4) is 0 Å². The maximum atomic E-state index is 11.6. The van der Waals surface area contributed by atoms with Crippen molar-refractivity contribution in [1.29, 1.82) is 0 Å². The van der Waals surface area contributed by atoms with Crippen molar-refractivity contribution in [3.05, 3.63) is 29.8 Å². The molecule has 0 saturated heterocycles. The molecule has 1 amide bonds. The Kier molecular flexibility index (Phi) is 5.58. The zero-order chi connectivity index (χ0) is 16.0. The normalized spacial score (nSPS) is 12.4. The number of nitrogens with one attached hydrogen (secondary N) is 2. The zero-order valence-corrected chi connectivity index (χ0v) is 12.8. The zero-order valence-electron chi connectivity index (χ0n) is 12.8. The molecular weight excluding hydrogens is 272 g/mol. The molecule has 6 heteroatoms. The minimum absolute atomic E-state index is 0.311. The maximum absolute atomic E-state index is 11.6. The number of carbonyl (C=O) groups is 2. The van der Waals surface area contributed by atoms with Crippen molar-refractivity contribution in [3.63, 3.8) is 0 Å². The molecule has 1 unspecified atom stereocenters. The number of carbonyl (C=O) groups excluding carboxylic acids is 1. The van der Waals surface area contributed by atoms with Crippen LogP contribution in [0.5, 0.6) is 0 Å². The van der Waals surface area contributed by atoms with Crippen LogP contribution in [0.2, 0.25) is 0 Å². The number of hydrogen-bond acceptors (Lipinski definition) is 4. The first kappa shape index (κ1) is 16.8. The van der Waals surface area contributed by atoms with Gasteiger partial charge in [-0.2, -0.15) is 0 Å². The molecule has 0 saturated carbocycles. The number of amides is 1. The van der Waals surface area contributed by atoms with Gasteiger partial charge in [-0.3, -0.25) is 4.79 Å². The van der Waals surface area contributed by atoms with E-state index in [2.05, 4.69) is 10.6 Å². The summed E-state index contributed by atoms with van der Waals surface area (Å²) in [5.41, 5.74) is 1.00. The molecule has 1 rings (SSSR count). The molecule has 21 heavy (non-hydrogen) atoms. The molecule has 0 fully saturated rings. The summed E-state index contributed by atoms with van der Waals surface area (Å²) in [6, 6.07) is 6.52. The molecule has 0 radical (unpaired) electrons. The fourth-order valence-corrected chi connectivity index (χ4v) is 1.57. The SMILES string of the molecule is CC(Nc1cccc(CNC(=O)OC(C)(C)C)c1)C(=O)O. The second-order valence-corrected chi connectivity index (χ2v) is 5.76. The molecule has 0 aliphatic carbocycles. The molecule has 0 heterocycles. The lowest BCUT2D eigenvalue weighted by Gasteiger charge is -2.19. The van der Waals surface area contributed by atoms with E-state index in [-0.39, 0.29) is 0 Å². The van der Waals surface area contributed by atoms with Gasteiger partial charge in [0.05, 0.1) is 0 Å². The monoisotopic (exact) mass is 294 g/mol.